The topological polar surface area (TPSA) is 29.1 Å². The third-order valence-electron chi connectivity index (χ3n) is 1.31. The van der Waals surface area contributed by atoms with Gasteiger partial charge in [0, 0.05) is 18.2 Å². The molecular weight excluding hydrogens is 158 g/mol. The largest absolute Gasteiger partial charge is 0.353 e. The van der Waals surface area contributed by atoms with Gasteiger partial charge in [0.05, 0.1) is 0 Å². The van der Waals surface area contributed by atoms with Crippen LogP contribution in [0.25, 0.3) is 0 Å². The van der Waals surface area contributed by atoms with Crippen LogP contribution in [0.3, 0.4) is 0 Å². The van der Waals surface area contributed by atoms with Crippen molar-refractivity contribution in [2.45, 2.75) is 39.2 Å². The van der Waals surface area contributed by atoms with E-state index in [0.717, 1.165) is 12.2 Å². The van der Waals surface area contributed by atoms with Crippen molar-refractivity contribution in [3.8, 4) is 0 Å². The van der Waals surface area contributed by atoms with E-state index in [9.17, 15) is 4.79 Å². The lowest BCUT2D eigenvalue weighted by Gasteiger charge is -2.01. The number of thiol groups is 1. The average Bonchev–Trinajstić information content (AvgIpc) is 2.37. The van der Waals surface area contributed by atoms with Crippen molar-refractivity contribution < 1.29 is 4.79 Å². The van der Waals surface area contributed by atoms with Gasteiger partial charge in [-0.05, 0) is 6.42 Å². The first-order chi connectivity index (χ1) is 5.24. The second-order valence-electron chi connectivity index (χ2n) is 2.69. The molecule has 0 aromatic heterocycles. The summed E-state index contributed by atoms with van der Waals surface area (Å²) in [6.07, 6.45) is 2.90. The van der Waals surface area contributed by atoms with Crippen molar-refractivity contribution >= 4 is 18.5 Å². The molecule has 1 aliphatic rings. The Hall–Kier alpha value is -0.180. The van der Waals surface area contributed by atoms with E-state index >= 15 is 0 Å². The van der Waals surface area contributed by atoms with E-state index in [-0.39, 0.29) is 5.91 Å². The lowest BCUT2D eigenvalue weighted by atomic mass is 10.2. The van der Waals surface area contributed by atoms with Crippen LogP contribution in [0.15, 0.2) is 0 Å². The van der Waals surface area contributed by atoms with E-state index in [1.54, 1.807) is 0 Å². The molecule has 1 aliphatic heterocycles. The Balaban J connectivity index is 0.000000292. The molecule has 1 heterocycles. The quantitative estimate of drug-likeness (QED) is 0.582. The maximum absolute atomic E-state index is 10.5. The molecule has 1 N–H and O–H groups in total. The molecule has 0 bridgehead atoms. The lowest BCUT2D eigenvalue weighted by molar-refractivity contribution is -0.119. The molecule has 1 fully saturated rings. The van der Waals surface area contributed by atoms with E-state index in [0.29, 0.717) is 12.5 Å². The van der Waals surface area contributed by atoms with Crippen LogP contribution in [0, 0.1) is 0 Å². The summed E-state index contributed by atoms with van der Waals surface area (Å²) >= 11 is 4.04. The summed E-state index contributed by atoms with van der Waals surface area (Å²) in [4.78, 5) is 10.5. The summed E-state index contributed by atoms with van der Waals surface area (Å²) < 4.78 is 0. The van der Waals surface area contributed by atoms with Crippen LogP contribution in [0.4, 0.5) is 0 Å². The molecule has 0 radical (unpaired) electrons. The van der Waals surface area contributed by atoms with Crippen molar-refractivity contribution in [2.24, 2.45) is 0 Å². The maximum atomic E-state index is 10.5. The second-order valence-corrected chi connectivity index (χ2v) is 3.06. The minimum atomic E-state index is 0.170. The SMILES string of the molecule is CCC.O=C1CC[C@@H](CS)N1. The van der Waals surface area contributed by atoms with Gasteiger partial charge in [-0.1, -0.05) is 20.3 Å². The van der Waals surface area contributed by atoms with Crippen LogP contribution in [-0.2, 0) is 4.79 Å². The minimum absolute atomic E-state index is 0.170. The fraction of sp³-hybridized carbons (Fsp3) is 0.875. The summed E-state index contributed by atoms with van der Waals surface area (Å²) in [5.41, 5.74) is 0. The Labute approximate surface area is 74.2 Å². The first-order valence-electron chi connectivity index (χ1n) is 4.14. The minimum Gasteiger partial charge on any atom is -0.353 e. The van der Waals surface area contributed by atoms with E-state index in [2.05, 4.69) is 31.8 Å². The van der Waals surface area contributed by atoms with E-state index in [4.69, 9.17) is 0 Å². The van der Waals surface area contributed by atoms with Crippen LogP contribution >= 0.6 is 12.6 Å². The monoisotopic (exact) mass is 175 g/mol. The van der Waals surface area contributed by atoms with E-state index in [1.807, 2.05) is 0 Å². The van der Waals surface area contributed by atoms with Gasteiger partial charge in [0.25, 0.3) is 0 Å². The molecule has 2 nitrogen and oxygen atoms in total. The zero-order valence-corrected chi connectivity index (χ0v) is 8.16. The van der Waals surface area contributed by atoms with Gasteiger partial charge in [-0.25, -0.2) is 0 Å². The molecule has 0 aromatic carbocycles. The van der Waals surface area contributed by atoms with Gasteiger partial charge in [0.2, 0.25) is 5.91 Å². The molecule has 0 unspecified atom stereocenters. The molecule has 0 aliphatic carbocycles. The number of amides is 1. The van der Waals surface area contributed by atoms with Gasteiger partial charge in [-0.2, -0.15) is 12.6 Å². The zero-order valence-electron chi connectivity index (χ0n) is 7.26. The lowest BCUT2D eigenvalue weighted by Crippen LogP contribution is -2.26. The summed E-state index contributed by atoms with van der Waals surface area (Å²) in [5.74, 6) is 0.940. The molecule has 1 amide bonds. The van der Waals surface area contributed by atoms with Crippen LogP contribution in [0.2, 0.25) is 0 Å². The highest BCUT2D eigenvalue weighted by atomic mass is 32.1. The highest BCUT2D eigenvalue weighted by Crippen LogP contribution is 2.06. The number of rotatable bonds is 1. The van der Waals surface area contributed by atoms with E-state index in [1.165, 1.54) is 6.42 Å². The van der Waals surface area contributed by atoms with Gasteiger partial charge in [0.15, 0.2) is 0 Å². The Morgan fingerprint density at radius 2 is 2.18 bits per heavy atom. The smallest absolute Gasteiger partial charge is 0.220 e. The third-order valence-corrected chi connectivity index (χ3v) is 1.75. The van der Waals surface area contributed by atoms with Gasteiger partial charge in [-0.3, -0.25) is 4.79 Å². The Morgan fingerprint density at radius 3 is 2.36 bits per heavy atom. The molecule has 66 valence electrons. The summed E-state index contributed by atoms with van der Waals surface area (Å²) in [5, 5.41) is 2.79. The van der Waals surface area contributed by atoms with Crippen molar-refractivity contribution in [3.63, 3.8) is 0 Å². The predicted octanol–water partition coefficient (Wildman–Crippen LogP) is 1.61. The first-order valence-corrected chi connectivity index (χ1v) is 4.78. The van der Waals surface area contributed by atoms with Crippen LogP contribution in [-0.4, -0.2) is 17.7 Å². The fourth-order valence-corrected chi connectivity index (χ4v) is 1.09. The molecule has 1 atom stereocenters. The summed E-state index contributed by atoms with van der Waals surface area (Å²) in [7, 11) is 0. The molecular formula is C8H17NOS. The van der Waals surface area contributed by atoms with Gasteiger partial charge in [-0.15, -0.1) is 0 Å². The molecule has 1 saturated heterocycles. The average molecular weight is 175 g/mol. The Bertz CT molecular complexity index is 117. The third kappa shape index (κ3) is 5.13. The van der Waals surface area contributed by atoms with Crippen molar-refractivity contribution in [1.82, 2.24) is 5.32 Å². The van der Waals surface area contributed by atoms with Crippen molar-refractivity contribution in [2.75, 3.05) is 5.75 Å². The maximum Gasteiger partial charge on any atom is 0.220 e. The molecule has 3 heteroatoms. The predicted molar refractivity (Wildman–Crippen MR) is 51.0 cm³/mol. The van der Waals surface area contributed by atoms with Crippen LogP contribution in [0.5, 0.6) is 0 Å². The second kappa shape index (κ2) is 6.53. The number of carbonyl (C=O) groups excluding carboxylic acids is 1. The van der Waals surface area contributed by atoms with Crippen molar-refractivity contribution in [3.05, 3.63) is 0 Å². The number of hydrogen-bond donors (Lipinski definition) is 2. The standard InChI is InChI=1S/C5H9NOS.C3H8/c7-5-2-1-4(3-8)6-5;1-3-2/h4,8H,1-3H2,(H,6,7);3H2,1-2H3/t4-;/m0./s1. The molecule has 0 aromatic rings. The zero-order chi connectivity index (χ0) is 8.69. The number of nitrogens with one attached hydrogen (secondary N) is 1. The Kier molecular flexibility index (Phi) is 6.42. The number of carbonyl (C=O) groups is 1. The normalized spacial score (nSPS) is 22.1. The van der Waals surface area contributed by atoms with Crippen LogP contribution in [0.1, 0.15) is 33.1 Å². The molecule has 11 heavy (non-hydrogen) atoms. The Morgan fingerprint density at radius 1 is 1.64 bits per heavy atom. The van der Waals surface area contributed by atoms with Crippen LogP contribution < -0.4 is 5.32 Å². The van der Waals surface area contributed by atoms with Crippen molar-refractivity contribution in [1.29, 1.82) is 0 Å². The molecule has 0 spiro atoms. The summed E-state index contributed by atoms with van der Waals surface area (Å²) in [6, 6.07) is 0.339. The first kappa shape index (κ1) is 10.8. The highest BCUT2D eigenvalue weighted by molar-refractivity contribution is 7.80. The highest BCUT2D eigenvalue weighted by Gasteiger charge is 2.18. The fourth-order valence-electron chi connectivity index (χ4n) is 0.814. The van der Waals surface area contributed by atoms with Gasteiger partial charge >= 0.3 is 0 Å². The van der Waals surface area contributed by atoms with E-state index < -0.39 is 0 Å². The molecule has 1 rings (SSSR count). The van der Waals surface area contributed by atoms with Gasteiger partial charge < -0.3 is 5.32 Å². The van der Waals surface area contributed by atoms with Gasteiger partial charge in [0.1, 0.15) is 0 Å². The number of hydrogen-bond acceptors (Lipinski definition) is 2. The molecule has 0 saturated carbocycles. The summed E-state index contributed by atoms with van der Waals surface area (Å²) in [6.45, 7) is 4.25.